The summed E-state index contributed by atoms with van der Waals surface area (Å²) in [5, 5.41) is 3.15. The predicted octanol–water partition coefficient (Wildman–Crippen LogP) is 10.1. The number of alkyl halides is 3. The Morgan fingerprint density at radius 2 is 1.65 bits per heavy atom. The van der Waals surface area contributed by atoms with Crippen LogP contribution < -0.4 is 14.9 Å². The molecule has 2 saturated heterocycles. The Hall–Kier alpha value is -3.47. The number of halogens is 3. The number of hydrogen-bond acceptors (Lipinski definition) is 10. The van der Waals surface area contributed by atoms with Gasteiger partial charge < -0.3 is 15.0 Å². The van der Waals surface area contributed by atoms with Crippen LogP contribution in [0.3, 0.4) is 0 Å². The van der Waals surface area contributed by atoms with Gasteiger partial charge in [0.25, 0.3) is 15.7 Å². The average Bonchev–Trinajstić information content (AvgIpc) is 3.27. The maximum atomic E-state index is 14.1. The number of sulfone groups is 1. The van der Waals surface area contributed by atoms with Crippen LogP contribution in [-0.2, 0) is 14.6 Å². The molecule has 2 N–H and O–H groups in total. The summed E-state index contributed by atoms with van der Waals surface area (Å²) in [5.41, 5.74) is 0.395. The molecule has 0 bridgehead atoms. The number of thioether (sulfide) groups is 1. The first kappa shape index (κ1) is 48.0. The quantitative estimate of drug-likeness (QED) is 0.0895. The highest BCUT2D eigenvalue weighted by Crippen LogP contribution is 2.42. The van der Waals surface area contributed by atoms with Gasteiger partial charge >= 0.3 is 5.51 Å². The summed E-state index contributed by atoms with van der Waals surface area (Å²) in [4.78, 5) is 20.6. The topological polar surface area (TPSA) is 94.2 Å². The minimum atomic E-state index is -5.74. The molecule has 3 aromatic rings. The number of anilines is 2. The van der Waals surface area contributed by atoms with E-state index in [1.165, 1.54) is 42.5 Å². The van der Waals surface area contributed by atoms with Crippen LogP contribution >= 0.6 is 23.7 Å². The average molecular weight is 914 g/mol. The molecule has 0 saturated carbocycles. The lowest BCUT2D eigenvalue weighted by molar-refractivity contribution is -0.0435. The summed E-state index contributed by atoms with van der Waals surface area (Å²) in [6, 6.07) is 20.4. The number of nitrogens with zero attached hydrogens (tertiary/aromatic N) is 3. The molecule has 15 heteroatoms. The maximum absolute atomic E-state index is 14.1. The van der Waals surface area contributed by atoms with E-state index in [1.807, 2.05) is 42.5 Å². The van der Waals surface area contributed by atoms with Gasteiger partial charge in [-0.1, -0.05) is 63.1 Å². The highest BCUT2D eigenvalue weighted by Gasteiger charge is 2.48. The van der Waals surface area contributed by atoms with E-state index >= 15 is 0 Å². The molecule has 1 aliphatic carbocycles. The second-order valence-corrected chi connectivity index (χ2v) is 21.2. The molecule has 0 spiro atoms. The minimum Gasteiger partial charge on any atom is -0.380 e. The Kier molecular flexibility index (Phi) is 17.0. The molecule has 6 rings (SSSR count). The van der Waals surface area contributed by atoms with E-state index in [-0.39, 0.29) is 16.6 Å². The fraction of sp³-hybridized carbons (Fsp3) is 0.511. The Bertz CT molecular complexity index is 2100. The lowest BCUT2D eigenvalue weighted by atomic mass is 9.72. The van der Waals surface area contributed by atoms with Crippen LogP contribution in [0.25, 0.3) is 0 Å². The van der Waals surface area contributed by atoms with Crippen LogP contribution in [0.5, 0.6) is 0 Å². The van der Waals surface area contributed by atoms with Crippen LogP contribution in [0, 0.1) is 5.41 Å². The van der Waals surface area contributed by atoms with Crippen molar-refractivity contribution in [3.05, 3.63) is 102 Å². The second kappa shape index (κ2) is 21.9. The minimum absolute atomic E-state index is 0.136. The molecule has 1 amide bonds. The zero-order valence-electron chi connectivity index (χ0n) is 36.3. The molecular weight excluding hydrogens is 852 g/mol. The summed E-state index contributed by atoms with van der Waals surface area (Å²) in [6.45, 7) is 19.4. The van der Waals surface area contributed by atoms with Gasteiger partial charge in [-0.05, 0) is 116 Å². The zero-order chi connectivity index (χ0) is 44.3. The van der Waals surface area contributed by atoms with Gasteiger partial charge in [-0.25, -0.2) is 8.42 Å². The Morgan fingerprint density at radius 1 is 0.935 bits per heavy atom. The fourth-order valence-electron chi connectivity index (χ4n) is 8.17. The first-order chi connectivity index (χ1) is 29.6. The summed E-state index contributed by atoms with van der Waals surface area (Å²) < 4.78 is 76.5. The summed E-state index contributed by atoms with van der Waals surface area (Å²) in [7, 11) is -5.74. The molecule has 338 valence electrons. The number of unbranched alkanes of at least 4 members (excludes halogenated alkanes) is 1. The van der Waals surface area contributed by atoms with Crippen molar-refractivity contribution in [2.24, 2.45) is 5.41 Å². The number of carbonyl (C=O) groups excluding carboxylic acids is 1. The van der Waals surface area contributed by atoms with Crippen molar-refractivity contribution in [3.63, 3.8) is 0 Å². The van der Waals surface area contributed by atoms with Gasteiger partial charge in [-0.15, -0.1) is 11.8 Å². The van der Waals surface area contributed by atoms with Crippen molar-refractivity contribution in [2.45, 2.75) is 92.0 Å². The van der Waals surface area contributed by atoms with Crippen molar-refractivity contribution in [3.8, 4) is 0 Å². The van der Waals surface area contributed by atoms with E-state index in [1.54, 1.807) is 29.5 Å². The van der Waals surface area contributed by atoms with Crippen LogP contribution in [-0.4, -0.2) is 107 Å². The van der Waals surface area contributed by atoms with E-state index in [2.05, 4.69) is 52.1 Å². The van der Waals surface area contributed by atoms with E-state index in [9.17, 15) is 26.4 Å². The summed E-state index contributed by atoms with van der Waals surface area (Å²) in [6.07, 6.45) is 7.39. The third-order valence-electron chi connectivity index (χ3n) is 12.0. The Morgan fingerprint density at radius 3 is 2.32 bits per heavy atom. The lowest BCUT2D eigenvalue weighted by Gasteiger charge is -2.39. The largest absolute Gasteiger partial charge is 0.501 e. The Balaban J connectivity index is 1.07. The third-order valence-corrected chi connectivity index (χ3v) is 15.5. The highest BCUT2D eigenvalue weighted by atomic mass is 32.2. The third kappa shape index (κ3) is 13.3. The number of ether oxygens (including phenoxy) is 1. The van der Waals surface area contributed by atoms with Crippen molar-refractivity contribution >= 4 is 50.8 Å². The van der Waals surface area contributed by atoms with Crippen molar-refractivity contribution in [1.82, 2.24) is 14.5 Å². The first-order valence-corrected chi connectivity index (χ1v) is 25.0. The molecule has 1 atom stereocenters. The van der Waals surface area contributed by atoms with Crippen LogP contribution in [0.4, 0.5) is 24.5 Å². The lowest BCUT2D eigenvalue weighted by Crippen LogP contribution is -2.47. The number of morpholine rings is 1. The SMILES string of the molecule is C=C(CCCC)C1=C(CN2CCN(c3ccc(C(=O)NSc4ccc(NC(CCN5CCOCC5)CSc5ccccc5)c(S(=O)(=O)C(F)(F)F)c4)cc3)CC2)CCC(C)(C)C1. The van der Waals surface area contributed by atoms with Gasteiger partial charge in [0.1, 0.15) is 4.90 Å². The maximum Gasteiger partial charge on any atom is 0.501 e. The molecule has 0 aromatic heterocycles. The number of benzene rings is 3. The molecular formula is C47H62F3N5O4S3. The molecule has 9 nitrogen and oxygen atoms in total. The highest BCUT2D eigenvalue weighted by molar-refractivity contribution is 7.99. The van der Waals surface area contributed by atoms with E-state index < -0.39 is 26.1 Å². The molecule has 2 aliphatic heterocycles. The van der Waals surface area contributed by atoms with Gasteiger partial charge in [0.05, 0.1) is 18.9 Å². The molecule has 62 heavy (non-hydrogen) atoms. The van der Waals surface area contributed by atoms with Crippen molar-refractivity contribution in [2.75, 3.05) is 81.5 Å². The van der Waals surface area contributed by atoms with Crippen LogP contribution in [0.2, 0.25) is 0 Å². The number of nitrogens with one attached hydrogen (secondary N) is 2. The molecule has 0 radical (unpaired) electrons. The smallest absolute Gasteiger partial charge is 0.380 e. The molecule has 3 aromatic carbocycles. The standard InChI is InChI=1S/C47H62F3N5O4S3/c1-5-6-10-35(2)42-32-46(3,4)21-19-37(42)33-54-23-25-55(26-24-54)39-15-13-36(14-16-39)45(56)52-61-41-17-18-43(44(31-41)62(57,58)47(48,49)50)51-38(20-22-53-27-29-59-30-28-53)34-60-40-11-8-7-9-12-40/h7-9,11-18,31,38,51H,2,5-6,10,19-30,32-34H2,1,3-4H3,(H,52,56). The van der Waals surface area contributed by atoms with Gasteiger partial charge in [-0.3, -0.25) is 19.3 Å². The summed E-state index contributed by atoms with van der Waals surface area (Å²) >= 11 is 2.32. The number of allylic oxidation sites excluding steroid dienone is 2. The van der Waals surface area contributed by atoms with Crippen LogP contribution in [0.15, 0.2) is 111 Å². The van der Waals surface area contributed by atoms with E-state index in [0.717, 1.165) is 93.7 Å². The molecule has 2 fully saturated rings. The normalized spacial score (nSPS) is 18.4. The predicted molar refractivity (Wildman–Crippen MR) is 248 cm³/mol. The van der Waals surface area contributed by atoms with Gasteiger partial charge in [0.2, 0.25) is 0 Å². The number of hydrogen-bond donors (Lipinski definition) is 2. The van der Waals surface area contributed by atoms with Crippen molar-refractivity contribution < 1.29 is 31.1 Å². The fourth-order valence-corrected chi connectivity index (χ4v) is 10.8. The van der Waals surface area contributed by atoms with E-state index in [0.29, 0.717) is 42.9 Å². The van der Waals surface area contributed by atoms with E-state index in [4.69, 9.17) is 4.74 Å². The summed E-state index contributed by atoms with van der Waals surface area (Å²) in [5.74, 6) is 0.0465. The second-order valence-electron chi connectivity index (χ2n) is 17.3. The number of piperazine rings is 1. The Labute approximate surface area is 375 Å². The van der Waals surface area contributed by atoms with Gasteiger partial charge in [0, 0.05) is 85.2 Å². The number of rotatable bonds is 19. The zero-order valence-corrected chi connectivity index (χ0v) is 38.7. The molecule has 2 heterocycles. The monoisotopic (exact) mass is 913 g/mol. The van der Waals surface area contributed by atoms with Gasteiger partial charge in [-0.2, -0.15) is 13.2 Å². The number of carbonyl (C=O) groups is 1. The first-order valence-electron chi connectivity index (χ1n) is 21.8. The van der Waals surface area contributed by atoms with Gasteiger partial charge in [0.15, 0.2) is 0 Å². The molecule has 1 unspecified atom stereocenters. The molecule has 3 aliphatic rings. The van der Waals surface area contributed by atoms with Crippen LogP contribution in [0.1, 0.15) is 76.1 Å². The number of amides is 1. The van der Waals surface area contributed by atoms with Crippen molar-refractivity contribution in [1.29, 1.82) is 0 Å².